The molecule has 0 aromatic heterocycles. The SMILES string of the molecule is C=C/C(=C\N=C(C)N)Oc1ccccc1. The zero-order chi connectivity index (χ0) is 11.1. The molecule has 0 amide bonds. The summed E-state index contributed by atoms with van der Waals surface area (Å²) in [6, 6.07) is 9.43. The van der Waals surface area contributed by atoms with E-state index in [9.17, 15) is 0 Å². The summed E-state index contributed by atoms with van der Waals surface area (Å²) >= 11 is 0. The number of amidine groups is 1. The number of aliphatic imine (C=N–C) groups is 1. The highest BCUT2D eigenvalue weighted by atomic mass is 16.5. The standard InChI is InChI=1S/C12H14N2O/c1-3-11(9-14-10(2)13)15-12-7-5-4-6-8-12/h3-9H,1H2,2H3,(H2,13,14)/b11-9+. The molecule has 0 atom stereocenters. The molecule has 0 radical (unpaired) electrons. The van der Waals surface area contributed by atoms with Crippen molar-refractivity contribution in [1.82, 2.24) is 0 Å². The number of ether oxygens (including phenoxy) is 1. The van der Waals surface area contributed by atoms with Gasteiger partial charge in [0.25, 0.3) is 0 Å². The second-order valence-electron chi connectivity index (χ2n) is 2.92. The Morgan fingerprint density at radius 1 is 1.40 bits per heavy atom. The monoisotopic (exact) mass is 202 g/mol. The molecule has 0 bridgehead atoms. The molecule has 0 saturated carbocycles. The lowest BCUT2D eigenvalue weighted by Gasteiger charge is -2.04. The molecule has 0 spiro atoms. The van der Waals surface area contributed by atoms with Gasteiger partial charge < -0.3 is 10.5 Å². The topological polar surface area (TPSA) is 47.6 Å². The second kappa shape index (κ2) is 5.65. The normalized spacial score (nSPS) is 12.3. The van der Waals surface area contributed by atoms with Gasteiger partial charge in [-0.15, -0.1) is 0 Å². The predicted molar refractivity (Wildman–Crippen MR) is 62.6 cm³/mol. The molecule has 1 rings (SSSR count). The molecule has 1 aromatic carbocycles. The second-order valence-corrected chi connectivity index (χ2v) is 2.92. The highest BCUT2D eigenvalue weighted by Gasteiger charge is 1.94. The van der Waals surface area contributed by atoms with Crippen LogP contribution in [0, 0.1) is 0 Å². The van der Waals surface area contributed by atoms with Crippen LogP contribution in [0.3, 0.4) is 0 Å². The summed E-state index contributed by atoms with van der Waals surface area (Å²) in [5, 5.41) is 0. The molecule has 0 unspecified atom stereocenters. The molecule has 15 heavy (non-hydrogen) atoms. The Bertz CT molecular complexity index is 376. The number of hydrogen-bond acceptors (Lipinski definition) is 2. The van der Waals surface area contributed by atoms with Gasteiger partial charge >= 0.3 is 0 Å². The van der Waals surface area contributed by atoms with Crippen molar-refractivity contribution in [2.75, 3.05) is 0 Å². The number of allylic oxidation sites excluding steroid dienone is 1. The molecular formula is C12H14N2O. The Balaban J connectivity index is 2.75. The molecule has 78 valence electrons. The molecule has 3 heteroatoms. The molecule has 0 heterocycles. The fraction of sp³-hybridized carbons (Fsp3) is 0.0833. The minimum absolute atomic E-state index is 0.478. The van der Waals surface area contributed by atoms with Crippen LogP contribution in [0.1, 0.15) is 6.92 Å². The summed E-state index contributed by atoms with van der Waals surface area (Å²) in [6.45, 7) is 5.34. The summed E-state index contributed by atoms with van der Waals surface area (Å²) < 4.78 is 5.49. The lowest BCUT2D eigenvalue weighted by Crippen LogP contribution is -2.04. The first-order valence-corrected chi connectivity index (χ1v) is 4.58. The Labute approximate surface area is 89.6 Å². The van der Waals surface area contributed by atoms with Crippen molar-refractivity contribution in [2.45, 2.75) is 6.92 Å². The van der Waals surface area contributed by atoms with Crippen molar-refractivity contribution in [3.63, 3.8) is 0 Å². The van der Waals surface area contributed by atoms with Gasteiger partial charge in [0, 0.05) is 0 Å². The van der Waals surface area contributed by atoms with Gasteiger partial charge in [-0.3, -0.25) is 0 Å². The molecule has 0 saturated heterocycles. The molecule has 1 aromatic rings. The van der Waals surface area contributed by atoms with E-state index in [2.05, 4.69) is 11.6 Å². The average Bonchev–Trinajstić information content (AvgIpc) is 2.25. The Morgan fingerprint density at radius 3 is 2.60 bits per heavy atom. The number of benzene rings is 1. The van der Waals surface area contributed by atoms with Crippen molar-refractivity contribution in [3.05, 3.63) is 54.9 Å². The van der Waals surface area contributed by atoms with E-state index in [-0.39, 0.29) is 0 Å². The maximum atomic E-state index is 5.49. The van der Waals surface area contributed by atoms with Crippen LogP contribution in [0.5, 0.6) is 5.75 Å². The van der Waals surface area contributed by atoms with Crippen molar-refractivity contribution < 1.29 is 4.74 Å². The van der Waals surface area contributed by atoms with Gasteiger partial charge in [-0.05, 0) is 25.1 Å². The first kappa shape index (κ1) is 11.0. The fourth-order valence-electron chi connectivity index (χ4n) is 0.911. The van der Waals surface area contributed by atoms with Crippen molar-refractivity contribution in [3.8, 4) is 5.75 Å². The molecular weight excluding hydrogens is 188 g/mol. The van der Waals surface area contributed by atoms with Crippen molar-refractivity contribution in [1.29, 1.82) is 0 Å². The predicted octanol–water partition coefficient (Wildman–Crippen LogP) is 2.47. The molecule has 0 aliphatic rings. The lowest BCUT2D eigenvalue weighted by atomic mass is 10.3. The van der Waals surface area contributed by atoms with Gasteiger partial charge in [0.15, 0.2) is 0 Å². The summed E-state index contributed by atoms with van der Waals surface area (Å²) in [7, 11) is 0. The van der Waals surface area contributed by atoms with E-state index in [1.54, 1.807) is 13.0 Å². The Kier molecular flexibility index (Phi) is 4.16. The first-order chi connectivity index (χ1) is 7.22. The molecule has 0 fully saturated rings. The number of nitrogens with two attached hydrogens (primary N) is 1. The quantitative estimate of drug-likeness (QED) is 0.353. The lowest BCUT2D eigenvalue weighted by molar-refractivity contribution is 0.443. The molecule has 0 aliphatic carbocycles. The zero-order valence-electron chi connectivity index (χ0n) is 8.68. The van der Waals surface area contributed by atoms with Crippen LogP contribution in [0.25, 0.3) is 0 Å². The van der Waals surface area contributed by atoms with Crippen LogP contribution in [0.15, 0.2) is 59.9 Å². The van der Waals surface area contributed by atoms with E-state index in [1.165, 1.54) is 6.20 Å². The van der Waals surface area contributed by atoms with Crippen LogP contribution in [-0.2, 0) is 0 Å². The molecule has 0 aliphatic heterocycles. The van der Waals surface area contributed by atoms with Crippen LogP contribution in [0.4, 0.5) is 0 Å². The highest BCUT2D eigenvalue weighted by molar-refractivity contribution is 5.78. The molecule has 2 N–H and O–H groups in total. The third kappa shape index (κ3) is 4.13. The maximum absolute atomic E-state index is 5.49. The highest BCUT2D eigenvalue weighted by Crippen LogP contribution is 2.13. The number of rotatable bonds is 4. The van der Waals surface area contributed by atoms with E-state index >= 15 is 0 Å². The number of hydrogen-bond donors (Lipinski definition) is 1. The van der Waals surface area contributed by atoms with Gasteiger partial charge in [-0.2, -0.15) is 0 Å². The minimum atomic E-state index is 0.478. The van der Waals surface area contributed by atoms with E-state index in [0.717, 1.165) is 5.75 Å². The smallest absolute Gasteiger partial charge is 0.145 e. The van der Waals surface area contributed by atoms with E-state index in [0.29, 0.717) is 11.6 Å². The van der Waals surface area contributed by atoms with E-state index in [1.807, 2.05) is 30.3 Å². The summed E-state index contributed by atoms with van der Waals surface area (Å²) in [6.07, 6.45) is 3.12. The van der Waals surface area contributed by atoms with E-state index < -0.39 is 0 Å². The largest absolute Gasteiger partial charge is 0.456 e. The minimum Gasteiger partial charge on any atom is -0.456 e. The maximum Gasteiger partial charge on any atom is 0.145 e. The number of nitrogens with zero attached hydrogens (tertiary/aromatic N) is 1. The number of para-hydroxylation sites is 1. The summed E-state index contributed by atoms with van der Waals surface area (Å²) in [5.41, 5.74) is 5.40. The van der Waals surface area contributed by atoms with Gasteiger partial charge in [0.1, 0.15) is 11.5 Å². The Morgan fingerprint density at radius 2 is 2.07 bits per heavy atom. The first-order valence-electron chi connectivity index (χ1n) is 4.58. The van der Waals surface area contributed by atoms with Gasteiger partial charge in [0.05, 0.1) is 12.0 Å². The fourth-order valence-corrected chi connectivity index (χ4v) is 0.911. The van der Waals surface area contributed by atoms with Crippen LogP contribution >= 0.6 is 0 Å². The van der Waals surface area contributed by atoms with E-state index in [4.69, 9.17) is 10.5 Å². The third-order valence-electron chi connectivity index (χ3n) is 1.58. The molecule has 3 nitrogen and oxygen atoms in total. The van der Waals surface area contributed by atoms with Crippen molar-refractivity contribution in [2.24, 2.45) is 10.7 Å². The van der Waals surface area contributed by atoms with Gasteiger partial charge in [-0.1, -0.05) is 24.8 Å². The van der Waals surface area contributed by atoms with Crippen LogP contribution in [-0.4, -0.2) is 5.84 Å². The summed E-state index contributed by atoms with van der Waals surface area (Å²) in [5.74, 6) is 1.78. The average molecular weight is 202 g/mol. The Hall–Kier alpha value is -2.03. The van der Waals surface area contributed by atoms with Crippen LogP contribution < -0.4 is 10.5 Å². The third-order valence-corrected chi connectivity index (χ3v) is 1.58. The van der Waals surface area contributed by atoms with Gasteiger partial charge in [0.2, 0.25) is 0 Å². The van der Waals surface area contributed by atoms with Gasteiger partial charge in [-0.25, -0.2) is 4.99 Å². The van der Waals surface area contributed by atoms with Crippen LogP contribution in [0.2, 0.25) is 0 Å². The zero-order valence-corrected chi connectivity index (χ0v) is 8.68. The summed E-state index contributed by atoms with van der Waals surface area (Å²) in [4.78, 5) is 3.93. The van der Waals surface area contributed by atoms with Crippen molar-refractivity contribution >= 4 is 5.84 Å².